The van der Waals surface area contributed by atoms with Crippen LogP contribution in [0.1, 0.15) is 37.0 Å². The van der Waals surface area contributed by atoms with E-state index in [1.54, 1.807) is 6.92 Å². The predicted octanol–water partition coefficient (Wildman–Crippen LogP) is 5.90. The first kappa shape index (κ1) is 20.5. The summed E-state index contributed by atoms with van der Waals surface area (Å²) in [6.07, 6.45) is 0.798. The highest BCUT2D eigenvalue weighted by atomic mass is 32.2. The molecule has 2 aliphatic rings. The number of hydrogen-bond donors (Lipinski definition) is 0. The number of ketones is 1. The number of nitrogens with zero attached hydrogens (tertiary/aromatic N) is 4. The molecule has 3 aromatic rings. The summed E-state index contributed by atoms with van der Waals surface area (Å²) < 4.78 is 0. The Morgan fingerprint density at radius 1 is 0.906 bits per heavy atom. The van der Waals surface area contributed by atoms with E-state index >= 15 is 0 Å². The number of hydrogen-bond acceptors (Lipinski definition) is 6. The molecule has 6 heteroatoms. The number of Topliss-reactive ketones (excluding diaryl/α,β-unsaturated/α-hetero) is 1. The summed E-state index contributed by atoms with van der Waals surface area (Å²) in [4.78, 5) is 11.7. The summed E-state index contributed by atoms with van der Waals surface area (Å²) >= 11 is 1.45. The van der Waals surface area contributed by atoms with Crippen molar-refractivity contribution in [3.8, 4) is 0 Å². The van der Waals surface area contributed by atoms with Crippen molar-refractivity contribution in [2.45, 2.75) is 32.2 Å². The number of para-hydroxylation sites is 1. The summed E-state index contributed by atoms with van der Waals surface area (Å²) in [5.41, 5.74) is 6.16. The van der Waals surface area contributed by atoms with Gasteiger partial charge < -0.3 is 0 Å². The van der Waals surface area contributed by atoms with Gasteiger partial charge in [0.1, 0.15) is 0 Å². The van der Waals surface area contributed by atoms with Crippen molar-refractivity contribution in [3.63, 3.8) is 0 Å². The minimum Gasteiger partial charge on any atom is -0.292 e. The van der Waals surface area contributed by atoms with Crippen molar-refractivity contribution in [2.75, 3.05) is 10.0 Å². The second-order valence-electron chi connectivity index (χ2n) is 7.92. The first-order chi connectivity index (χ1) is 15.5. The monoisotopic (exact) mass is 440 g/mol. The molecule has 2 heterocycles. The molecule has 0 amide bonds. The first-order valence-electron chi connectivity index (χ1n) is 10.7. The Morgan fingerprint density at radius 2 is 1.59 bits per heavy atom. The van der Waals surface area contributed by atoms with Crippen LogP contribution in [-0.4, -0.2) is 16.5 Å². The molecule has 160 valence electrons. The van der Waals surface area contributed by atoms with E-state index in [0.717, 1.165) is 40.2 Å². The number of rotatable bonds is 4. The molecule has 0 aliphatic carbocycles. The van der Waals surface area contributed by atoms with E-state index in [9.17, 15) is 4.79 Å². The second-order valence-corrected chi connectivity index (χ2v) is 9.08. The van der Waals surface area contributed by atoms with Crippen molar-refractivity contribution in [3.05, 3.63) is 95.6 Å². The van der Waals surface area contributed by atoms with Crippen molar-refractivity contribution in [1.29, 1.82) is 0 Å². The zero-order chi connectivity index (χ0) is 22.3. The van der Waals surface area contributed by atoms with Crippen LogP contribution < -0.4 is 10.0 Å². The summed E-state index contributed by atoms with van der Waals surface area (Å²) in [5, 5.41) is 14.5. The van der Waals surface area contributed by atoms with E-state index < -0.39 is 4.99 Å². The van der Waals surface area contributed by atoms with Gasteiger partial charge in [-0.2, -0.15) is 10.2 Å². The van der Waals surface area contributed by atoms with E-state index in [0.29, 0.717) is 5.04 Å². The Labute approximate surface area is 192 Å². The predicted molar refractivity (Wildman–Crippen MR) is 133 cm³/mol. The van der Waals surface area contributed by atoms with E-state index in [2.05, 4.69) is 38.1 Å². The molecular formula is C26H24N4OS. The third-order valence-electron chi connectivity index (χ3n) is 5.70. The summed E-state index contributed by atoms with van der Waals surface area (Å²) in [5.74, 6) is -0.0553. The van der Waals surface area contributed by atoms with Crippen LogP contribution in [0.4, 0.5) is 11.4 Å². The molecule has 0 radical (unpaired) electrons. The quantitative estimate of drug-likeness (QED) is 0.507. The number of hydrazone groups is 2. The minimum atomic E-state index is -0.856. The normalized spacial score (nSPS) is 19.6. The molecule has 0 saturated carbocycles. The van der Waals surface area contributed by atoms with Gasteiger partial charge in [0.2, 0.25) is 4.99 Å². The minimum absolute atomic E-state index is 0.0553. The smallest absolute Gasteiger partial charge is 0.234 e. The zero-order valence-corrected chi connectivity index (χ0v) is 19.1. The van der Waals surface area contributed by atoms with Crippen LogP contribution >= 0.6 is 11.8 Å². The summed E-state index contributed by atoms with van der Waals surface area (Å²) in [7, 11) is 0. The molecule has 3 aromatic carbocycles. The molecule has 0 aromatic heterocycles. The Hall–Kier alpha value is -3.38. The number of aryl methyl sites for hydroxylation is 1. The van der Waals surface area contributed by atoms with Gasteiger partial charge in [-0.3, -0.25) is 4.79 Å². The van der Waals surface area contributed by atoms with Crippen LogP contribution in [0.5, 0.6) is 0 Å². The molecule has 0 bridgehead atoms. The lowest BCUT2D eigenvalue weighted by Crippen LogP contribution is -2.53. The van der Waals surface area contributed by atoms with Gasteiger partial charge in [-0.25, -0.2) is 10.0 Å². The van der Waals surface area contributed by atoms with Crippen LogP contribution in [0.15, 0.2) is 89.1 Å². The summed E-state index contributed by atoms with van der Waals surface area (Å²) in [6.45, 7) is 5.75. The number of carbonyl (C=O) groups is 1. The molecule has 5 rings (SSSR count). The van der Waals surface area contributed by atoms with Crippen LogP contribution in [0.2, 0.25) is 0 Å². The average Bonchev–Trinajstić information content (AvgIpc) is 3.22. The SMILES string of the molecule is CCC1=NN(c2ccccc2)[C@]2(SC(C(C)=O)=NN2c2cccc(C)c2)c2ccccc21. The first-order valence-corrected chi connectivity index (χ1v) is 11.5. The molecule has 1 spiro atoms. The number of thioether (sulfide) groups is 1. The molecule has 5 nitrogen and oxygen atoms in total. The van der Waals surface area contributed by atoms with Gasteiger partial charge in [-0.1, -0.05) is 61.5 Å². The summed E-state index contributed by atoms with van der Waals surface area (Å²) in [6, 6.07) is 26.7. The standard InChI is InChI=1S/C26H24N4OS/c1-4-24-22-15-8-9-16-23(22)26(29(27-24)20-12-6-5-7-13-20)30(28-25(32-26)19(3)31)21-14-10-11-18(2)17-21/h5-17H,4H2,1-3H3/t26-/m1/s1. The number of benzene rings is 3. The van der Waals surface area contributed by atoms with Gasteiger partial charge >= 0.3 is 0 Å². The Bertz CT molecular complexity index is 1250. The fourth-order valence-corrected chi connectivity index (χ4v) is 5.52. The molecule has 0 fully saturated rings. The van der Waals surface area contributed by atoms with Crippen LogP contribution in [0.3, 0.4) is 0 Å². The maximum Gasteiger partial charge on any atom is 0.234 e. The molecule has 2 aliphatic heterocycles. The second kappa shape index (κ2) is 7.95. The van der Waals surface area contributed by atoms with Crippen molar-refractivity contribution in [1.82, 2.24) is 0 Å². The van der Waals surface area contributed by atoms with Crippen LogP contribution in [0.25, 0.3) is 0 Å². The van der Waals surface area contributed by atoms with Gasteiger partial charge in [0.25, 0.3) is 0 Å². The van der Waals surface area contributed by atoms with Crippen molar-refractivity contribution in [2.24, 2.45) is 10.2 Å². The highest BCUT2D eigenvalue weighted by molar-refractivity contribution is 8.17. The molecule has 32 heavy (non-hydrogen) atoms. The fraction of sp³-hybridized carbons (Fsp3) is 0.192. The lowest BCUT2D eigenvalue weighted by atomic mass is 9.96. The third-order valence-corrected chi connectivity index (χ3v) is 7.11. The Kier molecular flexibility index (Phi) is 5.10. The molecule has 1 atom stereocenters. The van der Waals surface area contributed by atoms with E-state index in [-0.39, 0.29) is 5.78 Å². The Balaban J connectivity index is 1.83. The van der Waals surface area contributed by atoms with E-state index in [1.165, 1.54) is 11.8 Å². The van der Waals surface area contributed by atoms with Gasteiger partial charge in [0.15, 0.2) is 10.8 Å². The molecule has 0 unspecified atom stereocenters. The molecule has 0 saturated heterocycles. The fourth-order valence-electron chi connectivity index (χ4n) is 4.23. The van der Waals surface area contributed by atoms with Crippen LogP contribution in [0, 0.1) is 6.92 Å². The largest absolute Gasteiger partial charge is 0.292 e. The lowest BCUT2D eigenvalue weighted by Gasteiger charge is -2.47. The van der Waals surface area contributed by atoms with E-state index in [1.807, 2.05) is 64.6 Å². The van der Waals surface area contributed by atoms with Gasteiger partial charge in [0.05, 0.1) is 17.1 Å². The van der Waals surface area contributed by atoms with Crippen molar-refractivity contribution >= 4 is 39.7 Å². The maximum absolute atomic E-state index is 12.6. The Morgan fingerprint density at radius 3 is 2.31 bits per heavy atom. The topological polar surface area (TPSA) is 48.3 Å². The highest BCUT2D eigenvalue weighted by Crippen LogP contribution is 2.54. The van der Waals surface area contributed by atoms with E-state index in [4.69, 9.17) is 10.2 Å². The average molecular weight is 441 g/mol. The number of carbonyl (C=O) groups excluding carboxylic acids is 1. The zero-order valence-electron chi connectivity index (χ0n) is 18.3. The third kappa shape index (κ3) is 3.14. The number of fused-ring (bicyclic) bond motifs is 2. The molecular weight excluding hydrogens is 416 g/mol. The number of anilines is 2. The lowest BCUT2D eigenvalue weighted by molar-refractivity contribution is -0.110. The van der Waals surface area contributed by atoms with Crippen molar-refractivity contribution < 1.29 is 4.79 Å². The van der Waals surface area contributed by atoms with Crippen LogP contribution in [-0.2, 0) is 9.79 Å². The van der Waals surface area contributed by atoms with Gasteiger partial charge in [-0.05, 0) is 54.9 Å². The van der Waals surface area contributed by atoms with Gasteiger partial charge in [-0.15, -0.1) is 0 Å². The molecule has 0 N–H and O–H groups in total. The highest BCUT2D eigenvalue weighted by Gasteiger charge is 2.55. The van der Waals surface area contributed by atoms with Gasteiger partial charge in [0, 0.05) is 18.1 Å². The maximum atomic E-state index is 12.6.